The molecule has 4 fully saturated rings. The highest BCUT2D eigenvalue weighted by molar-refractivity contribution is 5.73. The molecular formula is C14H22O3. The number of esters is 1. The van der Waals surface area contributed by atoms with Gasteiger partial charge >= 0.3 is 5.97 Å². The molecule has 4 bridgehead atoms. The normalized spacial score (nSPS) is 42.8. The van der Waals surface area contributed by atoms with Crippen molar-refractivity contribution in [1.82, 2.24) is 0 Å². The van der Waals surface area contributed by atoms with Crippen LogP contribution in [0.25, 0.3) is 0 Å². The van der Waals surface area contributed by atoms with Crippen LogP contribution in [0.15, 0.2) is 0 Å². The Morgan fingerprint density at radius 1 is 1.00 bits per heavy atom. The summed E-state index contributed by atoms with van der Waals surface area (Å²) in [7, 11) is 1.64. The van der Waals surface area contributed by atoms with E-state index < -0.39 is 0 Å². The van der Waals surface area contributed by atoms with E-state index in [1.54, 1.807) is 7.11 Å². The monoisotopic (exact) mass is 238 g/mol. The first-order valence-electron chi connectivity index (χ1n) is 6.93. The molecule has 0 N–H and O–H groups in total. The van der Waals surface area contributed by atoms with E-state index in [-0.39, 0.29) is 11.9 Å². The molecule has 0 aliphatic heterocycles. The van der Waals surface area contributed by atoms with Crippen molar-refractivity contribution in [2.24, 2.45) is 29.6 Å². The SMILES string of the molecule is COCCOC(=O)C1C2CC3CC(C2)CC1C3. The van der Waals surface area contributed by atoms with Crippen LogP contribution in [-0.4, -0.2) is 26.3 Å². The smallest absolute Gasteiger partial charge is 0.309 e. The molecule has 4 saturated carbocycles. The maximum absolute atomic E-state index is 12.1. The van der Waals surface area contributed by atoms with E-state index in [0.717, 1.165) is 11.8 Å². The van der Waals surface area contributed by atoms with Crippen LogP contribution in [-0.2, 0) is 14.3 Å². The second-order valence-corrected chi connectivity index (χ2v) is 6.12. The fourth-order valence-electron chi connectivity index (χ4n) is 4.63. The highest BCUT2D eigenvalue weighted by Crippen LogP contribution is 2.56. The Labute approximate surface area is 103 Å². The van der Waals surface area contributed by atoms with Crippen molar-refractivity contribution in [3.8, 4) is 0 Å². The molecule has 0 aromatic rings. The number of ether oxygens (including phenoxy) is 2. The minimum absolute atomic E-state index is 0.0517. The van der Waals surface area contributed by atoms with Gasteiger partial charge in [-0.2, -0.15) is 0 Å². The maximum Gasteiger partial charge on any atom is 0.309 e. The van der Waals surface area contributed by atoms with Crippen molar-refractivity contribution in [2.45, 2.75) is 32.1 Å². The molecular weight excluding hydrogens is 216 g/mol. The van der Waals surface area contributed by atoms with Crippen LogP contribution in [0.5, 0.6) is 0 Å². The van der Waals surface area contributed by atoms with E-state index >= 15 is 0 Å². The Hall–Kier alpha value is -0.570. The molecule has 96 valence electrons. The Bertz CT molecular complexity index is 272. The standard InChI is InChI=1S/C14H22O3/c1-16-2-3-17-14(15)13-11-5-9-4-10(7-11)8-12(13)6-9/h9-13H,2-8H2,1H3. The lowest BCUT2D eigenvalue weighted by Gasteiger charge is -2.53. The van der Waals surface area contributed by atoms with Crippen LogP contribution < -0.4 is 0 Å². The molecule has 0 unspecified atom stereocenters. The molecule has 0 spiro atoms. The van der Waals surface area contributed by atoms with Crippen molar-refractivity contribution < 1.29 is 14.3 Å². The number of methoxy groups -OCH3 is 1. The fraction of sp³-hybridized carbons (Fsp3) is 0.929. The Kier molecular flexibility index (Phi) is 3.12. The summed E-state index contributed by atoms with van der Waals surface area (Å²) < 4.78 is 10.3. The van der Waals surface area contributed by atoms with E-state index in [1.165, 1.54) is 32.1 Å². The second kappa shape index (κ2) is 4.60. The van der Waals surface area contributed by atoms with Gasteiger partial charge < -0.3 is 9.47 Å². The summed E-state index contributed by atoms with van der Waals surface area (Å²) in [4.78, 5) is 12.1. The molecule has 0 aromatic heterocycles. The summed E-state index contributed by atoms with van der Waals surface area (Å²) in [6.45, 7) is 0.928. The van der Waals surface area contributed by atoms with Gasteiger partial charge in [0.2, 0.25) is 0 Å². The van der Waals surface area contributed by atoms with Gasteiger partial charge in [-0.05, 0) is 55.8 Å². The molecule has 0 aromatic carbocycles. The number of rotatable bonds is 4. The van der Waals surface area contributed by atoms with Crippen LogP contribution in [0.4, 0.5) is 0 Å². The molecule has 4 aliphatic carbocycles. The Morgan fingerprint density at radius 3 is 2.12 bits per heavy atom. The number of hydrogen-bond acceptors (Lipinski definition) is 3. The Balaban J connectivity index is 1.61. The summed E-state index contributed by atoms with van der Waals surface area (Å²) in [6.07, 6.45) is 6.53. The van der Waals surface area contributed by atoms with Gasteiger partial charge in [0.15, 0.2) is 0 Å². The van der Waals surface area contributed by atoms with Crippen molar-refractivity contribution in [2.75, 3.05) is 20.3 Å². The zero-order valence-electron chi connectivity index (χ0n) is 10.6. The third-order valence-electron chi connectivity index (χ3n) is 5.03. The first-order chi connectivity index (χ1) is 8.28. The van der Waals surface area contributed by atoms with E-state index in [1.807, 2.05) is 0 Å². The number of carbonyl (C=O) groups excluding carboxylic acids is 1. The van der Waals surface area contributed by atoms with E-state index in [2.05, 4.69) is 0 Å². The predicted octanol–water partition coefficient (Wildman–Crippen LogP) is 2.25. The van der Waals surface area contributed by atoms with Crippen molar-refractivity contribution in [1.29, 1.82) is 0 Å². The van der Waals surface area contributed by atoms with Crippen molar-refractivity contribution in [3.05, 3.63) is 0 Å². The summed E-state index contributed by atoms with van der Waals surface area (Å²) >= 11 is 0. The molecule has 0 radical (unpaired) electrons. The summed E-state index contributed by atoms with van der Waals surface area (Å²) in [5, 5.41) is 0. The average molecular weight is 238 g/mol. The largest absolute Gasteiger partial charge is 0.463 e. The van der Waals surface area contributed by atoms with Gasteiger partial charge in [-0.1, -0.05) is 0 Å². The van der Waals surface area contributed by atoms with Gasteiger partial charge in [0, 0.05) is 7.11 Å². The highest BCUT2D eigenvalue weighted by Gasteiger charge is 2.51. The van der Waals surface area contributed by atoms with Crippen LogP contribution >= 0.6 is 0 Å². The molecule has 17 heavy (non-hydrogen) atoms. The van der Waals surface area contributed by atoms with Gasteiger partial charge in [-0.15, -0.1) is 0 Å². The zero-order valence-corrected chi connectivity index (χ0v) is 10.6. The lowest BCUT2D eigenvalue weighted by Crippen LogP contribution is -2.48. The highest BCUT2D eigenvalue weighted by atomic mass is 16.6. The lowest BCUT2D eigenvalue weighted by molar-refractivity contribution is -0.163. The molecule has 4 aliphatic rings. The topological polar surface area (TPSA) is 35.5 Å². The van der Waals surface area contributed by atoms with E-state index in [0.29, 0.717) is 25.0 Å². The lowest BCUT2D eigenvalue weighted by atomic mass is 9.52. The maximum atomic E-state index is 12.1. The quantitative estimate of drug-likeness (QED) is 0.556. The first-order valence-corrected chi connectivity index (χ1v) is 6.93. The van der Waals surface area contributed by atoms with Crippen LogP contribution in [0.1, 0.15) is 32.1 Å². The molecule has 0 heterocycles. The summed E-state index contributed by atoms with van der Waals surface area (Å²) in [5.74, 6) is 3.35. The third-order valence-corrected chi connectivity index (χ3v) is 5.03. The van der Waals surface area contributed by atoms with E-state index in [9.17, 15) is 4.79 Å². The Morgan fingerprint density at radius 2 is 1.59 bits per heavy atom. The van der Waals surface area contributed by atoms with Gasteiger partial charge in [0.1, 0.15) is 6.61 Å². The van der Waals surface area contributed by atoms with Gasteiger partial charge in [0.05, 0.1) is 12.5 Å². The fourth-order valence-corrected chi connectivity index (χ4v) is 4.63. The summed E-state index contributed by atoms with van der Waals surface area (Å²) in [6, 6.07) is 0. The summed E-state index contributed by atoms with van der Waals surface area (Å²) in [5.41, 5.74) is 0. The molecule has 0 saturated heterocycles. The van der Waals surface area contributed by atoms with Crippen molar-refractivity contribution >= 4 is 5.97 Å². The molecule has 0 atom stereocenters. The van der Waals surface area contributed by atoms with Crippen LogP contribution in [0.3, 0.4) is 0 Å². The first kappa shape index (κ1) is 11.5. The van der Waals surface area contributed by atoms with Crippen LogP contribution in [0, 0.1) is 29.6 Å². The molecule has 3 heteroatoms. The third kappa shape index (κ3) is 2.10. The second-order valence-electron chi connectivity index (χ2n) is 6.12. The van der Waals surface area contributed by atoms with Gasteiger partial charge in [-0.25, -0.2) is 0 Å². The molecule has 0 amide bonds. The minimum atomic E-state index is 0.0517. The molecule has 4 rings (SSSR count). The number of carbonyl (C=O) groups is 1. The molecule has 3 nitrogen and oxygen atoms in total. The average Bonchev–Trinajstić information content (AvgIpc) is 2.27. The predicted molar refractivity (Wildman–Crippen MR) is 63.4 cm³/mol. The van der Waals surface area contributed by atoms with E-state index in [4.69, 9.17) is 9.47 Å². The number of hydrogen-bond donors (Lipinski definition) is 0. The van der Waals surface area contributed by atoms with Crippen LogP contribution in [0.2, 0.25) is 0 Å². The van der Waals surface area contributed by atoms with Gasteiger partial charge in [0.25, 0.3) is 0 Å². The van der Waals surface area contributed by atoms with Gasteiger partial charge in [-0.3, -0.25) is 4.79 Å². The van der Waals surface area contributed by atoms with Crippen molar-refractivity contribution in [3.63, 3.8) is 0 Å². The zero-order chi connectivity index (χ0) is 11.8. The minimum Gasteiger partial charge on any atom is -0.463 e.